The van der Waals surface area contributed by atoms with Crippen LogP contribution < -0.4 is 15.5 Å². The third-order valence-electron chi connectivity index (χ3n) is 8.23. The van der Waals surface area contributed by atoms with Gasteiger partial charge in [0.05, 0.1) is 19.3 Å². The fourth-order valence-electron chi connectivity index (χ4n) is 6.34. The van der Waals surface area contributed by atoms with E-state index in [1.807, 2.05) is 30.3 Å². The van der Waals surface area contributed by atoms with Gasteiger partial charge in [0.25, 0.3) is 0 Å². The zero-order valence-electron chi connectivity index (χ0n) is 20.0. The van der Waals surface area contributed by atoms with Crippen LogP contribution in [0.5, 0.6) is 0 Å². The number of carbonyl (C=O) groups excluding carboxylic acids is 2. The zero-order chi connectivity index (χ0) is 24.9. The molecule has 4 aliphatic rings. The summed E-state index contributed by atoms with van der Waals surface area (Å²) in [6.45, 7) is 2.00. The van der Waals surface area contributed by atoms with E-state index in [9.17, 15) is 18.4 Å². The van der Waals surface area contributed by atoms with Gasteiger partial charge in [0.2, 0.25) is 11.8 Å². The number of carbonyl (C=O) groups is 2. The first kappa shape index (κ1) is 23.1. The monoisotopic (exact) mass is 493 g/mol. The second kappa shape index (κ2) is 8.96. The molecule has 0 aromatic heterocycles. The third-order valence-corrected chi connectivity index (χ3v) is 8.23. The van der Waals surface area contributed by atoms with Gasteiger partial charge in [-0.2, -0.15) is 0 Å². The average molecular weight is 494 g/mol. The van der Waals surface area contributed by atoms with E-state index in [0.29, 0.717) is 51.3 Å². The Balaban J connectivity index is 1.06. The highest BCUT2D eigenvalue weighted by Crippen LogP contribution is 2.40. The van der Waals surface area contributed by atoms with Gasteiger partial charge in [-0.05, 0) is 61.1 Å². The van der Waals surface area contributed by atoms with Crippen molar-refractivity contribution < 1.29 is 18.4 Å². The summed E-state index contributed by atoms with van der Waals surface area (Å²) in [5.74, 6) is -1.15. The van der Waals surface area contributed by atoms with E-state index in [4.69, 9.17) is 4.99 Å². The quantitative estimate of drug-likeness (QED) is 0.690. The second-order valence-corrected chi connectivity index (χ2v) is 10.2. The molecule has 2 amide bonds. The molecule has 36 heavy (non-hydrogen) atoms. The number of amides is 2. The first-order chi connectivity index (χ1) is 17.4. The van der Waals surface area contributed by atoms with Crippen LogP contribution in [0.1, 0.15) is 42.7 Å². The van der Waals surface area contributed by atoms with Crippen molar-refractivity contribution >= 4 is 23.3 Å². The molecule has 2 aromatic carbocycles. The van der Waals surface area contributed by atoms with E-state index >= 15 is 0 Å². The Kier molecular flexibility index (Phi) is 5.75. The summed E-state index contributed by atoms with van der Waals surface area (Å²) in [4.78, 5) is 34.6. The van der Waals surface area contributed by atoms with E-state index in [2.05, 4.69) is 20.4 Å². The number of nitrogens with zero attached hydrogens (tertiary/aromatic N) is 3. The number of anilines is 1. The summed E-state index contributed by atoms with van der Waals surface area (Å²) >= 11 is 0. The van der Waals surface area contributed by atoms with Gasteiger partial charge in [0.15, 0.2) is 11.6 Å². The molecule has 3 heterocycles. The number of hydrogen-bond acceptors (Lipinski definition) is 5. The lowest BCUT2D eigenvalue weighted by atomic mass is 9.79. The minimum atomic E-state index is -0.837. The summed E-state index contributed by atoms with van der Waals surface area (Å²) in [6, 6.07) is 12.5. The number of fused-ring (bicyclic) bond motifs is 3. The molecule has 6 rings (SSSR count). The molecule has 7 nitrogen and oxygen atoms in total. The number of nitrogens with one attached hydrogen (secondary N) is 2. The lowest BCUT2D eigenvalue weighted by molar-refractivity contribution is -0.125. The smallest absolute Gasteiger partial charge is 0.247 e. The van der Waals surface area contributed by atoms with Crippen LogP contribution in [-0.4, -0.2) is 60.4 Å². The molecule has 1 spiro atoms. The molecule has 3 aliphatic heterocycles. The number of rotatable bonds is 3. The molecule has 2 unspecified atom stereocenters. The van der Waals surface area contributed by atoms with Crippen molar-refractivity contribution in [1.82, 2.24) is 15.5 Å². The van der Waals surface area contributed by atoms with Gasteiger partial charge in [-0.15, -0.1) is 0 Å². The van der Waals surface area contributed by atoms with E-state index < -0.39 is 17.2 Å². The molecule has 0 bridgehead atoms. The standard InChI is InChI=1S/C27H29F2N5O2/c28-21-12-17-6-7-23-20(19(17)13-22(21)29)14-24(31-23)32-25(35)15-33-10-8-27(9-11-33)26(36)30-16-34(27)18-4-2-1-3-5-18/h1-5,12-13,20,23H,6-11,14-16H2,(H,30,36)(H,31,32,35). The molecule has 1 aliphatic carbocycles. The normalized spacial score (nSPS) is 24.8. The largest absolute Gasteiger partial charge is 0.339 e. The number of hydrogen-bond donors (Lipinski definition) is 2. The second-order valence-electron chi connectivity index (χ2n) is 10.2. The summed E-state index contributed by atoms with van der Waals surface area (Å²) in [5.41, 5.74) is 2.08. The minimum absolute atomic E-state index is 0.0163. The summed E-state index contributed by atoms with van der Waals surface area (Å²) in [6.07, 6.45) is 3.22. The summed E-state index contributed by atoms with van der Waals surface area (Å²) < 4.78 is 27.5. The summed E-state index contributed by atoms with van der Waals surface area (Å²) in [7, 11) is 0. The first-order valence-corrected chi connectivity index (χ1v) is 12.6. The first-order valence-electron chi connectivity index (χ1n) is 12.6. The van der Waals surface area contributed by atoms with Crippen molar-refractivity contribution in [3.05, 3.63) is 65.2 Å². The van der Waals surface area contributed by atoms with Crippen molar-refractivity contribution in [3.63, 3.8) is 0 Å². The van der Waals surface area contributed by atoms with Gasteiger partial charge >= 0.3 is 0 Å². The van der Waals surface area contributed by atoms with Crippen molar-refractivity contribution in [3.8, 4) is 0 Å². The highest BCUT2D eigenvalue weighted by molar-refractivity contribution is 6.00. The van der Waals surface area contributed by atoms with Crippen LogP contribution in [0.25, 0.3) is 0 Å². The van der Waals surface area contributed by atoms with Crippen LogP contribution in [0.3, 0.4) is 0 Å². The molecular weight excluding hydrogens is 464 g/mol. The SMILES string of the molecule is O=C(CN1CCC2(CC1)C(=O)NCN2c1ccccc1)NC1=NC2CCc3cc(F)c(F)cc3C2C1. The van der Waals surface area contributed by atoms with Crippen molar-refractivity contribution in [1.29, 1.82) is 0 Å². The van der Waals surface area contributed by atoms with Crippen LogP contribution in [0.4, 0.5) is 14.5 Å². The average Bonchev–Trinajstić information content (AvgIpc) is 3.43. The molecule has 9 heteroatoms. The Labute approximate surface area is 208 Å². The van der Waals surface area contributed by atoms with E-state index in [-0.39, 0.29) is 30.3 Å². The Bertz CT molecular complexity index is 1230. The maximum absolute atomic E-state index is 13.9. The lowest BCUT2D eigenvalue weighted by Gasteiger charge is -2.43. The van der Waals surface area contributed by atoms with E-state index in [0.717, 1.165) is 23.2 Å². The number of halogens is 2. The molecule has 2 atom stereocenters. The fraction of sp³-hybridized carbons (Fsp3) is 0.444. The molecule has 2 saturated heterocycles. The number of para-hydroxylation sites is 1. The number of benzene rings is 2. The molecule has 188 valence electrons. The Morgan fingerprint density at radius 1 is 1.14 bits per heavy atom. The molecular formula is C27H29F2N5O2. The van der Waals surface area contributed by atoms with E-state index in [1.165, 1.54) is 12.1 Å². The number of aryl methyl sites for hydroxylation is 1. The maximum Gasteiger partial charge on any atom is 0.247 e. The van der Waals surface area contributed by atoms with Crippen molar-refractivity contribution in [2.45, 2.75) is 49.6 Å². The predicted molar refractivity (Wildman–Crippen MR) is 132 cm³/mol. The highest BCUT2D eigenvalue weighted by Gasteiger charge is 2.50. The van der Waals surface area contributed by atoms with Gasteiger partial charge < -0.3 is 15.5 Å². The fourth-order valence-corrected chi connectivity index (χ4v) is 6.34. The van der Waals surface area contributed by atoms with Crippen LogP contribution in [0, 0.1) is 11.6 Å². The maximum atomic E-state index is 13.9. The van der Waals surface area contributed by atoms with Crippen LogP contribution in [-0.2, 0) is 16.0 Å². The summed E-state index contributed by atoms with van der Waals surface area (Å²) in [5, 5.41) is 5.96. The highest BCUT2D eigenvalue weighted by atomic mass is 19.2. The van der Waals surface area contributed by atoms with Gasteiger partial charge in [-0.3, -0.25) is 19.5 Å². The van der Waals surface area contributed by atoms with Gasteiger partial charge in [0, 0.05) is 31.1 Å². The van der Waals surface area contributed by atoms with Gasteiger partial charge in [-0.1, -0.05) is 18.2 Å². The molecule has 2 N–H and O–H groups in total. The van der Waals surface area contributed by atoms with Gasteiger partial charge in [0.1, 0.15) is 11.4 Å². The van der Waals surface area contributed by atoms with Crippen LogP contribution >= 0.6 is 0 Å². The third kappa shape index (κ3) is 3.95. The zero-order valence-corrected chi connectivity index (χ0v) is 20.0. The van der Waals surface area contributed by atoms with Crippen molar-refractivity contribution in [2.75, 3.05) is 31.2 Å². The number of aliphatic imine (C=N–C) groups is 1. The Morgan fingerprint density at radius 3 is 2.67 bits per heavy atom. The molecule has 0 radical (unpaired) electrons. The topological polar surface area (TPSA) is 77.0 Å². The number of amidine groups is 1. The van der Waals surface area contributed by atoms with Crippen LogP contribution in [0.15, 0.2) is 47.5 Å². The predicted octanol–water partition coefficient (Wildman–Crippen LogP) is 2.71. The number of piperidine rings is 1. The Hall–Kier alpha value is -3.33. The molecule has 0 saturated carbocycles. The Morgan fingerprint density at radius 2 is 1.89 bits per heavy atom. The van der Waals surface area contributed by atoms with Crippen LogP contribution in [0.2, 0.25) is 0 Å². The van der Waals surface area contributed by atoms with Gasteiger partial charge in [-0.25, -0.2) is 8.78 Å². The molecule has 2 aromatic rings. The van der Waals surface area contributed by atoms with E-state index in [1.54, 1.807) is 0 Å². The number of likely N-dealkylation sites (tertiary alicyclic amines) is 1. The lowest BCUT2D eigenvalue weighted by Crippen LogP contribution is -2.57. The minimum Gasteiger partial charge on any atom is -0.339 e. The van der Waals surface area contributed by atoms with Crippen molar-refractivity contribution in [2.24, 2.45) is 4.99 Å². The molecule has 2 fully saturated rings.